The summed E-state index contributed by atoms with van der Waals surface area (Å²) in [5, 5.41) is 9.22. The molecule has 2 aliphatic rings. The number of hydrogen-bond acceptors (Lipinski definition) is 7. The fraction of sp³-hybridized carbons (Fsp3) is 0.143. The molecule has 1 saturated heterocycles. The average Bonchev–Trinajstić information content (AvgIpc) is 3.19. The second kappa shape index (κ2) is 8.05. The number of para-hydroxylation sites is 1. The van der Waals surface area contributed by atoms with Crippen LogP contribution < -0.4 is 19.3 Å². The highest BCUT2D eigenvalue weighted by atomic mass is 32.2. The molecule has 1 fully saturated rings. The van der Waals surface area contributed by atoms with Gasteiger partial charge in [-0.3, -0.25) is 24.2 Å². The van der Waals surface area contributed by atoms with Crippen molar-refractivity contribution in [2.24, 2.45) is 0 Å². The van der Waals surface area contributed by atoms with Crippen molar-refractivity contribution in [2.45, 2.75) is 0 Å². The Bertz CT molecular complexity index is 1180. The van der Waals surface area contributed by atoms with Gasteiger partial charge in [-0.2, -0.15) is 0 Å². The number of fused-ring (bicyclic) bond motifs is 1. The predicted molar refractivity (Wildman–Crippen MR) is 121 cm³/mol. The number of benzene rings is 2. The first kappa shape index (κ1) is 20.9. The van der Waals surface area contributed by atoms with Gasteiger partial charge in [-0.1, -0.05) is 42.2 Å². The maximum absolute atomic E-state index is 13.4. The van der Waals surface area contributed by atoms with Gasteiger partial charge in [0.2, 0.25) is 0 Å². The molecule has 0 aliphatic carbocycles. The molecular formula is C21H16N2O6S2. The number of ether oxygens (including phenoxy) is 2. The number of nitrogens with zero attached hydrogens (tertiary/aromatic N) is 2. The minimum atomic E-state index is -1.15. The highest BCUT2D eigenvalue weighted by Crippen LogP contribution is 2.47. The van der Waals surface area contributed by atoms with Crippen molar-refractivity contribution in [3.05, 3.63) is 52.9 Å². The smallest absolute Gasteiger partial charge is 0.323 e. The van der Waals surface area contributed by atoms with Crippen molar-refractivity contribution < 1.29 is 29.0 Å². The minimum absolute atomic E-state index is 0.138. The number of carboxylic acids is 1. The van der Waals surface area contributed by atoms with Crippen LogP contribution in [-0.4, -0.2) is 48.0 Å². The molecule has 2 amide bonds. The third-order valence-corrected chi connectivity index (χ3v) is 6.21. The number of thiocarbonyl (C=S) groups is 1. The van der Waals surface area contributed by atoms with Crippen LogP contribution >= 0.6 is 24.0 Å². The normalized spacial score (nSPS) is 17.9. The second-order valence-corrected chi connectivity index (χ2v) is 8.20. The summed E-state index contributed by atoms with van der Waals surface area (Å²) in [5.74, 6) is -1.28. The molecule has 10 heteroatoms. The molecule has 31 heavy (non-hydrogen) atoms. The van der Waals surface area contributed by atoms with Gasteiger partial charge in [0.1, 0.15) is 18.0 Å². The molecule has 0 aromatic heterocycles. The van der Waals surface area contributed by atoms with Crippen molar-refractivity contribution in [1.82, 2.24) is 0 Å². The fourth-order valence-corrected chi connectivity index (χ4v) is 4.85. The number of amides is 2. The Labute approximate surface area is 187 Å². The van der Waals surface area contributed by atoms with E-state index in [9.17, 15) is 19.5 Å². The van der Waals surface area contributed by atoms with Crippen LogP contribution in [0.15, 0.2) is 47.4 Å². The van der Waals surface area contributed by atoms with E-state index >= 15 is 0 Å². The van der Waals surface area contributed by atoms with E-state index in [4.69, 9.17) is 21.7 Å². The Morgan fingerprint density at radius 3 is 2.48 bits per heavy atom. The lowest BCUT2D eigenvalue weighted by molar-refractivity contribution is -0.136. The van der Waals surface area contributed by atoms with E-state index in [1.165, 1.54) is 19.1 Å². The van der Waals surface area contributed by atoms with Crippen LogP contribution in [0.25, 0.3) is 5.57 Å². The Balaban J connectivity index is 1.84. The van der Waals surface area contributed by atoms with E-state index in [0.29, 0.717) is 28.4 Å². The monoisotopic (exact) mass is 456 g/mol. The second-order valence-electron chi connectivity index (χ2n) is 6.55. The number of thioether (sulfide) groups is 1. The van der Waals surface area contributed by atoms with Gasteiger partial charge in [-0.05, 0) is 18.2 Å². The molecule has 0 bridgehead atoms. The van der Waals surface area contributed by atoms with Crippen molar-refractivity contribution >= 4 is 63.0 Å². The van der Waals surface area contributed by atoms with Crippen molar-refractivity contribution in [3.8, 4) is 11.5 Å². The highest BCUT2D eigenvalue weighted by molar-refractivity contribution is 8.27. The minimum Gasteiger partial charge on any atom is -0.497 e. The summed E-state index contributed by atoms with van der Waals surface area (Å²) >= 11 is 6.45. The number of anilines is 2. The van der Waals surface area contributed by atoms with E-state index in [0.717, 1.165) is 16.7 Å². The lowest BCUT2D eigenvalue weighted by atomic mass is 10.1. The topological polar surface area (TPSA) is 96.4 Å². The van der Waals surface area contributed by atoms with Gasteiger partial charge < -0.3 is 14.6 Å². The van der Waals surface area contributed by atoms with Crippen molar-refractivity contribution in [1.29, 1.82) is 0 Å². The molecule has 2 aliphatic heterocycles. The van der Waals surface area contributed by atoms with Gasteiger partial charge in [0.05, 0.1) is 36.1 Å². The van der Waals surface area contributed by atoms with Crippen LogP contribution in [0, 0.1) is 0 Å². The molecule has 0 unspecified atom stereocenters. The Kier molecular flexibility index (Phi) is 5.42. The Morgan fingerprint density at radius 2 is 1.81 bits per heavy atom. The maximum Gasteiger partial charge on any atom is 0.323 e. The van der Waals surface area contributed by atoms with Crippen molar-refractivity contribution in [2.75, 3.05) is 30.6 Å². The molecule has 1 N–H and O–H groups in total. The Hall–Kier alpha value is -3.37. The van der Waals surface area contributed by atoms with Crippen LogP contribution in [0.3, 0.4) is 0 Å². The van der Waals surface area contributed by atoms with Gasteiger partial charge in [0.25, 0.3) is 11.8 Å². The van der Waals surface area contributed by atoms with Crippen LogP contribution in [0.4, 0.5) is 11.4 Å². The first-order chi connectivity index (χ1) is 14.9. The zero-order valence-electron chi connectivity index (χ0n) is 16.4. The first-order valence-electron chi connectivity index (χ1n) is 9.03. The van der Waals surface area contributed by atoms with Crippen LogP contribution in [0.5, 0.6) is 11.5 Å². The molecule has 0 saturated carbocycles. The summed E-state index contributed by atoms with van der Waals surface area (Å²) in [7, 11) is 2.98. The van der Waals surface area contributed by atoms with Gasteiger partial charge >= 0.3 is 5.97 Å². The summed E-state index contributed by atoms with van der Waals surface area (Å²) < 4.78 is 10.9. The number of methoxy groups -OCH3 is 2. The quantitative estimate of drug-likeness (QED) is 0.542. The molecule has 4 rings (SSSR count). The number of rotatable bonds is 5. The number of hydrogen-bond donors (Lipinski definition) is 1. The first-order valence-corrected chi connectivity index (χ1v) is 10.3. The van der Waals surface area contributed by atoms with Crippen LogP contribution in [0.2, 0.25) is 0 Å². The van der Waals surface area contributed by atoms with Gasteiger partial charge in [-0.15, -0.1) is 0 Å². The summed E-state index contributed by atoms with van der Waals surface area (Å²) in [5.41, 5.74) is 1.46. The predicted octanol–water partition coefficient (Wildman–Crippen LogP) is 2.91. The average molecular weight is 457 g/mol. The molecule has 2 heterocycles. The summed E-state index contributed by atoms with van der Waals surface area (Å²) in [6.45, 7) is -0.511. The van der Waals surface area contributed by atoms with E-state index in [1.807, 2.05) is 0 Å². The van der Waals surface area contributed by atoms with Gasteiger partial charge in [-0.25, -0.2) is 0 Å². The summed E-state index contributed by atoms with van der Waals surface area (Å²) in [6.07, 6.45) is 0. The lowest BCUT2D eigenvalue weighted by Crippen LogP contribution is -2.33. The number of carboxylic acid groups (broad SMARTS) is 1. The third-order valence-electron chi connectivity index (χ3n) is 4.84. The lowest BCUT2D eigenvalue weighted by Gasteiger charge is -2.18. The van der Waals surface area contributed by atoms with E-state index in [1.54, 1.807) is 42.5 Å². The Morgan fingerprint density at radius 1 is 1.06 bits per heavy atom. The molecule has 0 radical (unpaired) electrons. The highest BCUT2D eigenvalue weighted by Gasteiger charge is 2.43. The largest absolute Gasteiger partial charge is 0.497 e. The summed E-state index contributed by atoms with van der Waals surface area (Å²) in [6, 6.07) is 11.7. The standard InChI is InChI=1S/C21H16N2O6S2/c1-28-11-7-8-15(29-2)14(9-11)23-20(27)18(31-21(23)30)17-12-5-3-4-6-13(12)22(19(17)26)10-16(24)25/h3-9H,10H2,1-2H3,(H,24,25)/b18-17-. The number of carbonyl (C=O) groups excluding carboxylic acids is 2. The fourth-order valence-electron chi connectivity index (χ4n) is 3.49. The van der Waals surface area contributed by atoms with Gasteiger partial charge in [0, 0.05) is 11.6 Å². The zero-order chi connectivity index (χ0) is 22.3. The SMILES string of the molecule is COc1ccc(OC)c(N2C(=O)/C(=C3/C(=O)N(CC(=O)O)c4ccccc43)SC2=S)c1. The zero-order valence-corrected chi connectivity index (χ0v) is 18.1. The molecule has 2 aromatic carbocycles. The van der Waals surface area contributed by atoms with Gasteiger partial charge in [0.15, 0.2) is 4.32 Å². The molecule has 158 valence electrons. The molecule has 8 nitrogen and oxygen atoms in total. The molecular weight excluding hydrogens is 440 g/mol. The summed E-state index contributed by atoms with van der Waals surface area (Å²) in [4.78, 5) is 40.4. The molecule has 0 atom stereocenters. The molecule has 2 aromatic rings. The van der Waals surface area contributed by atoms with Crippen LogP contribution in [-0.2, 0) is 14.4 Å². The van der Waals surface area contributed by atoms with E-state index in [2.05, 4.69) is 0 Å². The number of carbonyl (C=O) groups is 3. The number of aliphatic carboxylic acids is 1. The van der Waals surface area contributed by atoms with Crippen molar-refractivity contribution in [3.63, 3.8) is 0 Å². The van der Waals surface area contributed by atoms with E-state index < -0.39 is 24.3 Å². The maximum atomic E-state index is 13.4. The molecule has 0 spiro atoms. The third kappa shape index (κ3) is 3.43. The van der Waals surface area contributed by atoms with Crippen LogP contribution in [0.1, 0.15) is 5.56 Å². The van der Waals surface area contributed by atoms with E-state index in [-0.39, 0.29) is 14.8 Å².